The lowest BCUT2D eigenvalue weighted by molar-refractivity contribution is 0.745. The number of anilines is 1. The molecule has 0 aliphatic heterocycles. The van der Waals surface area contributed by atoms with Crippen molar-refractivity contribution in [3.63, 3.8) is 0 Å². The summed E-state index contributed by atoms with van der Waals surface area (Å²) in [6.07, 6.45) is 1.05. The Hall–Kier alpha value is -0.990. The molecule has 0 atom stereocenters. The molecule has 1 aromatic heterocycles. The standard InChI is InChI=1S/C9H17N3/c1-6-8-7(2)10-12(5)9(8)11(3)4/h6H2,1-5H3. The highest BCUT2D eigenvalue weighted by atomic mass is 15.3. The number of aromatic nitrogens is 2. The fraction of sp³-hybridized carbons (Fsp3) is 0.667. The number of hydrogen-bond donors (Lipinski definition) is 0. The molecular formula is C9H17N3. The molecule has 3 heteroatoms. The van der Waals surface area contributed by atoms with Crippen LogP contribution in [0.4, 0.5) is 5.82 Å². The van der Waals surface area contributed by atoms with E-state index in [1.165, 1.54) is 11.4 Å². The first kappa shape index (κ1) is 9.10. The Morgan fingerprint density at radius 2 is 2.00 bits per heavy atom. The van der Waals surface area contributed by atoms with E-state index in [9.17, 15) is 0 Å². The van der Waals surface area contributed by atoms with Gasteiger partial charge in [-0.1, -0.05) is 6.92 Å². The second-order valence-corrected chi connectivity index (χ2v) is 3.26. The normalized spacial score (nSPS) is 10.4. The van der Waals surface area contributed by atoms with Crippen LogP contribution in [-0.4, -0.2) is 23.9 Å². The van der Waals surface area contributed by atoms with E-state index < -0.39 is 0 Å². The highest BCUT2D eigenvalue weighted by Gasteiger charge is 2.12. The van der Waals surface area contributed by atoms with Crippen molar-refractivity contribution in [2.24, 2.45) is 7.05 Å². The molecule has 0 aromatic carbocycles. The van der Waals surface area contributed by atoms with Crippen molar-refractivity contribution in [1.82, 2.24) is 9.78 Å². The van der Waals surface area contributed by atoms with Gasteiger partial charge in [0.25, 0.3) is 0 Å². The van der Waals surface area contributed by atoms with Gasteiger partial charge in [-0.2, -0.15) is 5.10 Å². The average molecular weight is 167 g/mol. The second-order valence-electron chi connectivity index (χ2n) is 3.26. The van der Waals surface area contributed by atoms with Crippen molar-refractivity contribution < 1.29 is 0 Å². The van der Waals surface area contributed by atoms with E-state index in [2.05, 4.69) is 37.9 Å². The lowest BCUT2D eigenvalue weighted by Crippen LogP contribution is -2.14. The summed E-state index contributed by atoms with van der Waals surface area (Å²) in [5.74, 6) is 1.22. The highest BCUT2D eigenvalue weighted by molar-refractivity contribution is 5.48. The summed E-state index contributed by atoms with van der Waals surface area (Å²) in [5, 5.41) is 4.38. The molecule has 0 amide bonds. The van der Waals surface area contributed by atoms with E-state index in [-0.39, 0.29) is 0 Å². The molecule has 0 radical (unpaired) electrons. The maximum atomic E-state index is 4.38. The fourth-order valence-electron chi connectivity index (χ4n) is 1.66. The summed E-state index contributed by atoms with van der Waals surface area (Å²) in [6.45, 7) is 4.23. The predicted molar refractivity (Wildman–Crippen MR) is 51.7 cm³/mol. The molecule has 0 bridgehead atoms. The molecule has 0 fully saturated rings. The summed E-state index contributed by atoms with van der Waals surface area (Å²) in [6, 6.07) is 0. The third-order valence-corrected chi connectivity index (χ3v) is 2.09. The average Bonchev–Trinajstić information content (AvgIpc) is 2.24. The van der Waals surface area contributed by atoms with E-state index in [0.29, 0.717) is 0 Å². The Morgan fingerprint density at radius 1 is 1.42 bits per heavy atom. The molecule has 0 N–H and O–H groups in total. The van der Waals surface area contributed by atoms with Gasteiger partial charge < -0.3 is 4.90 Å². The van der Waals surface area contributed by atoms with Crippen LogP contribution in [0.1, 0.15) is 18.2 Å². The summed E-state index contributed by atoms with van der Waals surface area (Å²) in [7, 11) is 6.09. The number of rotatable bonds is 2. The van der Waals surface area contributed by atoms with Gasteiger partial charge in [-0.05, 0) is 13.3 Å². The third kappa shape index (κ3) is 1.31. The van der Waals surface area contributed by atoms with E-state index >= 15 is 0 Å². The van der Waals surface area contributed by atoms with Crippen LogP contribution in [0.15, 0.2) is 0 Å². The van der Waals surface area contributed by atoms with E-state index in [1.807, 2.05) is 11.7 Å². The molecule has 0 saturated carbocycles. The molecule has 0 saturated heterocycles. The lowest BCUT2D eigenvalue weighted by atomic mass is 10.2. The smallest absolute Gasteiger partial charge is 0.129 e. The SMILES string of the molecule is CCc1c(C)nn(C)c1N(C)C. The lowest BCUT2D eigenvalue weighted by Gasteiger charge is -2.14. The predicted octanol–water partition coefficient (Wildman–Crippen LogP) is 1.36. The number of hydrogen-bond acceptors (Lipinski definition) is 2. The van der Waals surface area contributed by atoms with Gasteiger partial charge in [-0.3, -0.25) is 4.68 Å². The van der Waals surface area contributed by atoms with Crippen molar-refractivity contribution in [3.05, 3.63) is 11.3 Å². The van der Waals surface area contributed by atoms with Gasteiger partial charge in [0.15, 0.2) is 0 Å². The summed E-state index contributed by atoms with van der Waals surface area (Å²) >= 11 is 0. The van der Waals surface area contributed by atoms with Gasteiger partial charge in [0.05, 0.1) is 5.69 Å². The Kier molecular flexibility index (Phi) is 2.40. The first-order chi connectivity index (χ1) is 5.57. The molecular weight excluding hydrogens is 150 g/mol. The monoisotopic (exact) mass is 167 g/mol. The van der Waals surface area contributed by atoms with Crippen molar-refractivity contribution in [2.75, 3.05) is 19.0 Å². The van der Waals surface area contributed by atoms with Gasteiger partial charge in [0, 0.05) is 26.7 Å². The third-order valence-electron chi connectivity index (χ3n) is 2.09. The molecule has 68 valence electrons. The molecule has 0 unspecified atom stereocenters. The van der Waals surface area contributed by atoms with Crippen molar-refractivity contribution in [2.45, 2.75) is 20.3 Å². The van der Waals surface area contributed by atoms with Crippen molar-refractivity contribution >= 4 is 5.82 Å². The first-order valence-corrected chi connectivity index (χ1v) is 4.27. The first-order valence-electron chi connectivity index (χ1n) is 4.27. The van der Waals surface area contributed by atoms with Gasteiger partial charge in [-0.25, -0.2) is 0 Å². The Labute approximate surface area is 74.0 Å². The van der Waals surface area contributed by atoms with Gasteiger partial charge in [-0.15, -0.1) is 0 Å². The van der Waals surface area contributed by atoms with Crippen LogP contribution in [0.2, 0.25) is 0 Å². The summed E-state index contributed by atoms with van der Waals surface area (Å²) in [5.41, 5.74) is 2.49. The number of nitrogens with zero attached hydrogens (tertiary/aromatic N) is 3. The van der Waals surface area contributed by atoms with E-state index in [4.69, 9.17) is 0 Å². The largest absolute Gasteiger partial charge is 0.363 e. The zero-order valence-corrected chi connectivity index (χ0v) is 8.55. The van der Waals surface area contributed by atoms with Crippen LogP contribution in [0, 0.1) is 6.92 Å². The van der Waals surface area contributed by atoms with Crippen LogP contribution < -0.4 is 4.90 Å². The quantitative estimate of drug-likeness (QED) is 0.663. The van der Waals surface area contributed by atoms with Gasteiger partial charge >= 0.3 is 0 Å². The van der Waals surface area contributed by atoms with E-state index in [0.717, 1.165) is 12.1 Å². The van der Waals surface area contributed by atoms with Crippen LogP contribution >= 0.6 is 0 Å². The minimum atomic E-state index is 1.05. The minimum Gasteiger partial charge on any atom is -0.363 e. The minimum absolute atomic E-state index is 1.05. The van der Waals surface area contributed by atoms with Crippen LogP contribution in [-0.2, 0) is 13.5 Å². The maximum Gasteiger partial charge on any atom is 0.129 e. The van der Waals surface area contributed by atoms with Crippen LogP contribution in [0.5, 0.6) is 0 Å². The molecule has 1 heterocycles. The molecule has 0 aliphatic rings. The fourth-order valence-corrected chi connectivity index (χ4v) is 1.66. The molecule has 12 heavy (non-hydrogen) atoms. The van der Waals surface area contributed by atoms with Crippen LogP contribution in [0.25, 0.3) is 0 Å². The molecule has 1 aromatic rings. The highest BCUT2D eigenvalue weighted by Crippen LogP contribution is 2.21. The van der Waals surface area contributed by atoms with Crippen LogP contribution in [0.3, 0.4) is 0 Å². The van der Waals surface area contributed by atoms with E-state index in [1.54, 1.807) is 0 Å². The Morgan fingerprint density at radius 3 is 2.33 bits per heavy atom. The zero-order valence-electron chi connectivity index (χ0n) is 8.55. The Balaban J connectivity index is 3.23. The molecule has 0 spiro atoms. The number of aryl methyl sites for hydroxylation is 2. The van der Waals surface area contributed by atoms with Gasteiger partial charge in [0.2, 0.25) is 0 Å². The summed E-state index contributed by atoms with van der Waals surface area (Å²) < 4.78 is 1.94. The van der Waals surface area contributed by atoms with Gasteiger partial charge in [0.1, 0.15) is 5.82 Å². The molecule has 3 nitrogen and oxygen atoms in total. The zero-order chi connectivity index (χ0) is 9.30. The van der Waals surface area contributed by atoms with Crippen molar-refractivity contribution in [1.29, 1.82) is 0 Å². The summed E-state index contributed by atoms with van der Waals surface area (Å²) in [4.78, 5) is 2.11. The second kappa shape index (κ2) is 3.17. The van der Waals surface area contributed by atoms with Crippen molar-refractivity contribution in [3.8, 4) is 0 Å². The molecule has 1 rings (SSSR count). The Bertz CT molecular complexity index is 274. The topological polar surface area (TPSA) is 21.1 Å². The molecule has 0 aliphatic carbocycles. The maximum absolute atomic E-state index is 4.38.